The zero-order valence-electron chi connectivity index (χ0n) is 12.7. The van der Waals surface area contributed by atoms with Crippen LogP contribution in [-0.2, 0) is 4.57 Å². The van der Waals surface area contributed by atoms with Crippen LogP contribution in [0.2, 0.25) is 0 Å². The molecule has 0 atom stereocenters. The Labute approximate surface area is 150 Å². The summed E-state index contributed by atoms with van der Waals surface area (Å²) in [6, 6.07) is 25.1. The van der Waals surface area contributed by atoms with E-state index in [1.165, 1.54) is 11.3 Å². The Morgan fingerprint density at radius 3 is 1.92 bits per heavy atom. The van der Waals surface area contributed by atoms with Crippen molar-refractivity contribution in [3.63, 3.8) is 0 Å². The molecule has 2 nitrogen and oxygen atoms in total. The highest BCUT2D eigenvalue weighted by Crippen LogP contribution is 2.44. The molecule has 118 valence electrons. The second-order valence-electron chi connectivity index (χ2n) is 5.40. The van der Waals surface area contributed by atoms with Gasteiger partial charge in [-0.15, -0.1) is 24.0 Å². The van der Waals surface area contributed by atoms with Crippen LogP contribution in [0.3, 0.4) is 0 Å². The van der Waals surface area contributed by atoms with Crippen molar-refractivity contribution in [1.82, 2.24) is 4.98 Å². The number of thiol groups is 1. The highest BCUT2D eigenvalue weighted by molar-refractivity contribution is 7.89. The summed E-state index contributed by atoms with van der Waals surface area (Å²) in [5.41, 5.74) is 0.813. The summed E-state index contributed by atoms with van der Waals surface area (Å²) in [5.74, 6) is 0. The van der Waals surface area contributed by atoms with Crippen molar-refractivity contribution in [2.75, 3.05) is 0 Å². The SMILES string of the molecule is O=P(c1ccccc1)(c1ccccc1)c1nc2c(S)cccc2s1. The summed E-state index contributed by atoms with van der Waals surface area (Å²) in [4.78, 5) is 5.52. The van der Waals surface area contributed by atoms with E-state index in [0.29, 0.717) is 4.75 Å². The molecule has 4 aromatic rings. The Morgan fingerprint density at radius 1 is 0.792 bits per heavy atom. The van der Waals surface area contributed by atoms with Crippen LogP contribution in [0.1, 0.15) is 0 Å². The van der Waals surface area contributed by atoms with E-state index >= 15 is 0 Å². The molecule has 0 amide bonds. The number of hydrogen-bond donors (Lipinski definition) is 1. The van der Waals surface area contributed by atoms with E-state index in [2.05, 4.69) is 12.6 Å². The first-order chi connectivity index (χ1) is 11.7. The second-order valence-corrected chi connectivity index (χ2v) is 9.89. The highest BCUT2D eigenvalue weighted by atomic mass is 32.1. The van der Waals surface area contributed by atoms with Crippen LogP contribution in [0.4, 0.5) is 0 Å². The summed E-state index contributed by atoms with van der Waals surface area (Å²) >= 11 is 5.97. The van der Waals surface area contributed by atoms with Crippen LogP contribution in [0.25, 0.3) is 10.2 Å². The Bertz CT molecular complexity index is 1000. The number of para-hydroxylation sites is 1. The molecule has 0 saturated heterocycles. The van der Waals surface area contributed by atoms with Crippen molar-refractivity contribution < 1.29 is 4.57 Å². The molecular weight excluding hydrogens is 353 g/mol. The van der Waals surface area contributed by atoms with Crippen molar-refractivity contribution >= 4 is 56.7 Å². The van der Waals surface area contributed by atoms with Crippen LogP contribution in [0.5, 0.6) is 0 Å². The maximum atomic E-state index is 14.2. The zero-order valence-corrected chi connectivity index (χ0v) is 15.3. The van der Waals surface area contributed by atoms with Crippen LogP contribution < -0.4 is 15.4 Å². The van der Waals surface area contributed by atoms with Crippen LogP contribution in [0.15, 0.2) is 83.8 Å². The first-order valence-electron chi connectivity index (χ1n) is 7.50. The highest BCUT2D eigenvalue weighted by Gasteiger charge is 2.33. The Kier molecular flexibility index (Phi) is 4.05. The second kappa shape index (κ2) is 6.21. The number of benzene rings is 3. The molecule has 0 bridgehead atoms. The van der Waals surface area contributed by atoms with E-state index in [9.17, 15) is 4.57 Å². The minimum Gasteiger partial charge on any atom is -0.306 e. The van der Waals surface area contributed by atoms with Gasteiger partial charge in [-0.1, -0.05) is 66.7 Å². The topological polar surface area (TPSA) is 30.0 Å². The van der Waals surface area contributed by atoms with Gasteiger partial charge >= 0.3 is 0 Å². The number of hydrogen-bond acceptors (Lipinski definition) is 4. The molecule has 4 rings (SSSR count). The fourth-order valence-corrected chi connectivity index (χ4v) is 7.37. The molecule has 5 heteroatoms. The van der Waals surface area contributed by atoms with Crippen LogP contribution in [-0.4, -0.2) is 4.98 Å². The number of aromatic nitrogens is 1. The lowest BCUT2D eigenvalue weighted by Gasteiger charge is -2.16. The van der Waals surface area contributed by atoms with E-state index < -0.39 is 7.14 Å². The lowest BCUT2D eigenvalue weighted by atomic mass is 10.3. The summed E-state index contributed by atoms with van der Waals surface area (Å²) in [5, 5.41) is 1.60. The molecule has 24 heavy (non-hydrogen) atoms. The molecule has 0 aliphatic carbocycles. The molecular formula is C19H14NOPS2. The molecule has 1 heterocycles. The van der Waals surface area contributed by atoms with Crippen molar-refractivity contribution in [3.8, 4) is 0 Å². The molecule has 0 aliphatic heterocycles. The van der Waals surface area contributed by atoms with Gasteiger partial charge in [0.15, 0.2) is 11.9 Å². The number of fused-ring (bicyclic) bond motifs is 1. The van der Waals surface area contributed by atoms with Gasteiger partial charge in [0.2, 0.25) is 0 Å². The van der Waals surface area contributed by atoms with Gasteiger partial charge in [0, 0.05) is 15.5 Å². The normalized spacial score (nSPS) is 11.7. The first kappa shape index (κ1) is 15.6. The van der Waals surface area contributed by atoms with Gasteiger partial charge in [-0.3, -0.25) is 0 Å². The monoisotopic (exact) mass is 367 g/mol. The number of thiazole rings is 1. The molecule has 0 fully saturated rings. The van der Waals surface area contributed by atoms with Gasteiger partial charge in [-0.25, -0.2) is 4.98 Å². The summed E-state index contributed by atoms with van der Waals surface area (Å²) in [6.45, 7) is 0. The molecule has 3 aromatic carbocycles. The Hall–Kier alpha value is -1.87. The first-order valence-corrected chi connectivity index (χ1v) is 10.5. The van der Waals surface area contributed by atoms with Crippen LogP contribution >= 0.6 is 31.1 Å². The molecule has 0 N–H and O–H groups in total. The van der Waals surface area contributed by atoms with E-state index in [1.807, 2.05) is 78.9 Å². The Morgan fingerprint density at radius 2 is 1.38 bits per heavy atom. The van der Waals surface area contributed by atoms with Crippen LogP contribution in [0, 0.1) is 0 Å². The molecule has 1 aromatic heterocycles. The van der Waals surface area contributed by atoms with Crippen molar-refractivity contribution in [2.24, 2.45) is 0 Å². The quantitative estimate of drug-likeness (QED) is 0.434. The maximum absolute atomic E-state index is 14.2. The van der Waals surface area contributed by atoms with Crippen molar-refractivity contribution in [2.45, 2.75) is 4.90 Å². The van der Waals surface area contributed by atoms with Crippen molar-refractivity contribution in [3.05, 3.63) is 78.9 Å². The minimum absolute atomic E-state index is 0.649. The minimum atomic E-state index is -3.00. The van der Waals surface area contributed by atoms with E-state index in [-0.39, 0.29) is 0 Å². The van der Waals surface area contributed by atoms with E-state index in [1.54, 1.807) is 0 Å². The van der Waals surface area contributed by atoms with Gasteiger partial charge < -0.3 is 4.57 Å². The van der Waals surface area contributed by atoms with E-state index in [0.717, 1.165) is 25.7 Å². The molecule has 0 aliphatic rings. The maximum Gasteiger partial charge on any atom is 0.198 e. The predicted octanol–water partition coefficient (Wildman–Crippen LogP) is 4.22. The summed E-state index contributed by atoms with van der Waals surface area (Å²) < 4.78 is 15.9. The van der Waals surface area contributed by atoms with Gasteiger partial charge in [0.05, 0.1) is 10.2 Å². The van der Waals surface area contributed by atoms with E-state index in [4.69, 9.17) is 4.98 Å². The third kappa shape index (κ3) is 2.51. The summed E-state index contributed by atoms with van der Waals surface area (Å²) in [7, 11) is -3.00. The lowest BCUT2D eigenvalue weighted by Crippen LogP contribution is -2.24. The smallest absolute Gasteiger partial charge is 0.198 e. The standard InChI is InChI=1S/C19H14NOPS2/c21-22(14-8-3-1-4-9-14,15-10-5-2-6-11-15)19-20-18-16(23)12-7-13-17(18)24-19/h1-13,23H. The van der Waals surface area contributed by atoms with Gasteiger partial charge in [-0.05, 0) is 12.1 Å². The largest absolute Gasteiger partial charge is 0.306 e. The Balaban J connectivity index is 2.03. The molecule has 0 spiro atoms. The lowest BCUT2D eigenvalue weighted by molar-refractivity contribution is 0.592. The molecule has 0 saturated carbocycles. The third-order valence-electron chi connectivity index (χ3n) is 3.90. The van der Waals surface area contributed by atoms with Gasteiger partial charge in [0.25, 0.3) is 0 Å². The zero-order chi connectivity index (χ0) is 16.6. The number of nitrogens with zero attached hydrogens (tertiary/aromatic N) is 1. The average molecular weight is 367 g/mol. The third-order valence-corrected chi connectivity index (χ3v) is 8.81. The molecule has 0 unspecified atom stereocenters. The van der Waals surface area contributed by atoms with Crippen molar-refractivity contribution in [1.29, 1.82) is 0 Å². The fraction of sp³-hybridized carbons (Fsp3) is 0. The molecule has 0 radical (unpaired) electrons. The average Bonchev–Trinajstić information content (AvgIpc) is 3.09. The van der Waals surface area contributed by atoms with Gasteiger partial charge in [0.1, 0.15) is 0 Å². The van der Waals surface area contributed by atoms with Gasteiger partial charge in [-0.2, -0.15) is 0 Å². The summed E-state index contributed by atoms with van der Waals surface area (Å²) in [6.07, 6.45) is 0. The fourth-order valence-electron chi connectivity index (χ4n) is 2.70. The number of rotatable bonds is 3. The predicted molar refractivity (Wildman–Crippen MR) is 106 cm³/mol.